The molecule has 0 heterocycles. The Hall–Kier alpha value is -2.04. The van der Waals surface area contributed by atoms with E-state index >= 15 is 0 Å². The Morgan fingerprint density at radius 3 is 2.60 bits per heavy atom. The third kappa shape index (κ3) is 4.97. The Morgan fingerprint density at radius 1 is 1.12 bits per heavy atom. The van der Waals surface area contributed by atoms with Gasteiger partial charge in [0.15, 0.2) is 0 Å². The van der Waals surface area contributed by atoms with Crippen molar-refractivity contribution in [2.75, 3.05) is 6.54 Å². The van der Waals surface area contributed by atoms with Crippen LogP contribution in [0.2, 0.25) is 0 Å². The Kier molecular flexibility index (Phi) is 5.95. The molecule has 5 nitrogen and oxygen atoms in total. The zero-order valence-corrected chi connectivity index (χ0v) is 15.0. The molecule has 0 aromatic heterocycles. The summed E-state index contributed by atoms with van der Waals surface area (Å²) in [5.41, 5.74) is 1.05. The lowest BCUT2D eigenvalue weighted by molar-refractivity contribution is -0.122. The highest BCUT2D eigenvalue weighted by molar-refractivity contribution is 5.78. The maximum absolute atomic E-state index is 12.1. The highest BCUT2D eigenvalue weighted by Crippen LogP contribution is 2.49. The number of hydrogen-bond acceptors (Lipinski definition) is 2. The van der Waals surface area contributed by atoms with E-state index in [2.05, 4.69) is 22.9 Å². The quantitative estimate of drug-likeness (QED) is 0.712. The lowest BCUT2D eigenvalue weighted by atomic mass is 9.84. The SMILES string of the molecule is C[C@H](NC(=O)CCNC(=O)NCc1ccccc1)[C@@H]1C[C@H]2CC[C@H]1C2. The first-order valence-corrected chi connectivity index (χ1v) is 9.47. The minimum Gasteiger partial charge on any atom is -0.353 e. The van der Waals surface area contributed by atoms with Gasteiger partial charge in [-0.25, -0.2) is 4.79 Å². The van der Waals surface area contributed by atoms with E-state index in [4.69, 9.17) is 0 Å². The molecule has 0 aliphatic heterocycles. The van der Waals surface area contributed by atoms with Crippen molar-refractivity contribution >= 4 is 11.9 Å². The Labute approximate surface area is 150 Å². The molecule has 2 bridgehead atoms. The molecule has 1 aromatic rings. The van der Waals surface area contributed by atoms with E-state index in [1.807, 2.05) is 30.3 Å². The summed E-state index contributed by atoms with van der Waals surface area (Å²) < 4.78 is 0. The van der Waals surface area contributed by atoms with Gasteiger partial charge in [0.05, 0.1) is 0 Å². The van der Waals surface area contributed by atoms with Crippen molar-refractivity contribution in [3.63, 3.8) is 0 Å². The molecule has 3 amide bonds. The first kappa shape index (κ1) is 17.8. The number of amides is 3. The molecule has 0 saturated heterocycles. The lowest BCUT2D eigenvalue weighted by Crippen LogP contribution is -2.42. The van der Waals surface area contributed by atoms with Gasteiger partial charge in [0.25, 0.3) is 0 Å². The fourth-order valence-corrected chi connectivity index (χ4v) is 4.47. The van der Waals surface area contributed by atoms with Crippen LogP contribution in [-0.4, -0.2) is 24.5 Å². The Bertz CT molecular complexity index is 590. The van der Waals surface area contributed by atoms with E-state index in [1.54, 1.807) is 0 Å². The van der Waals surface area contributed by atoms with Crippen LogP contribution in [-0.2, 0) is 11.3 Å². The van der Waals surface area contributed by atoms with Crippen molar-refractivity contribution in [1.82, 2.24) is 16.0 Å². The molecular weight excluding hydrogens is 314 g/mol. The van der Waals surface area contributed by atoms with Gasteiger partial charge in [0, 0.05) is 25.6 Å². The van der Waals surface area contributed by atoms with Crippen LogP contribution in [0.3, 0.4) is 0 Å². The number of urea groups is 1. The van der Waals surface area contributed by atoms with Gasteiger partial charge in [-0.05, 0) is 49.5 Å². The largest absolute Gasteiger partial charge is 0.353 e. The summed E-state index contributed by atoms with van der Waals surface area (Å²) in [7, 11) is 0. The van der Waals surface area contributed by atoms with Crippen LogP contribution in [0, 0.1) is 17.8 Å². The molecule has 0 radical (unpaired) electrons. The average molecular weight is 343 g/mol. The zero-order chi connectivity index (χ0) is 17.6. The molecule has 4 atom stereocenters. The smallest absolute Gasteiger partial charge is 0.315 e. The summed E-state index contributed by atoms with van der Waals surface area (Å²) in [5, 5.41) is 8.67. The molecule has 0 spiro atoms. The lowest BCUT2D eigenvalue weighted by Gasteiger charge is -2.28. The average Bonchev–Trinajstić information content (AvgIpc) is 3.24. The molecular formula is C20H29N3O2. The van der Waals surface area contributed by atoms with Crippen LogP contribution >= 0.6 is 0 Å². The molecule has 5 heteroatoms. The molecule has 2 fully saturated rings. The van der Waals surface area contributed by atoms with Crippen LogP contribution in [0.25, 0.3) is 0 Å². The van der Waals surface area contributed by atoms with Crippen molar-refractivity contribution in [1.29, 1.82) is 0 Å². The minimum absolute atomic E-state index is 0.0265. The summed E-state index contributed by atoms with van der Waals surface area (Å²) in [6, 6.07) is 9.76. The van der Waals surface area contributed by atoms with Gasteiger partial charge in [-0.3, -0.25) is 4.79 Å². The monoisotopic (exact) mass is 343 g/mol. The molecule has 2 saturated carbocycles. The van der Waals surface area contributed by atoms with Crippen LogP contribution in [0.4, 0.5) is 4.79 Å². The van der Waals surface area contributed by atoms with Gasteiger partial charge in [0.1, 0.15) is 0 Å². The number of nitrogens with one attached hydrogen (secondary N) is 3. The van der Waals surface area contributed by atoms with Crippen molar-refractivity contribution < 1.29 is 9.59 Å². The molecule has 1 aromatic carbocycles. The molecule has 3 N–H and O–H groups in total. The standard InChI is InChI=1S/C20H29N3O2/c1-14(18-12-16-7-8-17(18)11-16)23-19(24)9-10-21-20(25)22-13-15-5-3-2-4-6-15/h2-6,14,16-18H,7-13H2,1H3,(H,23,24)(H2,21,22,25)/t14-,16-,17-,18-/m0/s1. The highest BCUT2D eigenvalue weighted by atomic mass is 16.2. The Balaban J connectivity index is 1.29. The molecule has 2 aliphatic carbocycles. The predicted molar refractivity (Wildman–Crippen MR) is 97.8 cm³/mol. The van der Waals surface area contributed by atoms with Crippen LogP contribution in [0.15, 0.2) is 30.3 Å². The normalized spacial score (nSPS) is 25.4. The topological polar surface area (TPSA) is 70.2 Å². The number of carbonyl (C=O) groups excluding carboxylic acids is 2. The maximum atomic E-state index is 12.1. The summed E-state index contributed by atoms with van der Waals surface area (Å²) in [4.78, 5) is 23.9. The van der Waals surface area contributed by atoms with Crippen molar-refractivity contribution in [3.8, 4) is 0 Å². The van der Waals surface area contributed by atoms with Gasteiger partial charge in [0.2, 0.25) is 5.91 Å². The summed E-state index contributed by atoms with van der Waals surface area (Å²) >= 11 is 0. The predicted octanol–water partition coefficient (Wildman–Crippen LogP) is 2.82. The summed E-state index contributed by atoms with van der Waals surface area (Å²) in [5.74, 6) is 2.37. The highest BCUT2D eigenvalue weighted by Gasteiger charge is 2.42. The van der Waals surface area contributed by atoms with E-state index in [-0.39, 0.29) is 18.0 Å². The van der Waals surface area contributed by atoms with E-state index in [0.717, 1.165) is 17.4 Å². The van der Waals surface area contributed by atoms with Crippen molar-refractivity contribution in [2.24, 2.45) is 17.8 Å². The number of fused-ring (bicyclic) bond motifs is 2. The van der Waals surface area contributed by atoms with Gasteiger partial charge >= 0.3 is 6.03 Å². The zero-order valence-electron chi connectivity index (χ0n) is 15.0. The Morgan fingerprint density at radius 2 is 1.92 bits per heavy atom. The molecule has 25 heavy (non-hydrogen) atoms. The van der Waals surface area contributed by atoms with Crippen LogP contribution in [0.5, 0.6) is 0 Å². The van der Waals surface area contributed by atoms with Gasteiger partial charge in [-0.1, -0.05) is 36.8 Å². The summed E-state index contributed by atoms with van der Waals surface area (Å²) in [6.07, 6.45) is 5.66. The number of rotatable bonds is 7. The van der Waals surface area contributed by atoms with Crippen LogP contribution in [0.1, 0.15) is 44.6 Å². The number of benzene rings is 1. The second-order valence-corrected chi connectivity index (χ2v) is 7.54. The minimum atomic E-state index is -0.238. The van der Waals surface area contributed by atoms with Gasteiger partial charge in [-0.2, -0.15) is 0 Å². The van der Waals surface area contributed by atoms with Gasteiger partial charge < -0.3 is 16.0 Å². The third-order valence-electron chi connectivity index (χ3n) is 5.76. The molecule has 0 unspecified atom stereocenters. The second kappa shape index (κ2) is 8.37. The van der Waals surface area contributed by atoms with Crippen LogP contribution < -0.4 is 16.0 Å². The third-order valence-corrected chi connectivity index (χ3v) is 5.76. The van der Waals surface area contributed by atoms with E-state index in [0.29, 0.717) is 25.4 Å². The molecule has 136 valence electrons. The van der Waals surface area contributed by atoms with Crippen molar-refractivity contribution in [2.45, 2.75) is 51.6 Å². The second-order valence-electron chi connectivity index (χ2n) is 7.54. The number of carbonyl (C=O) groups is 2. The van der Waals surface area contributed by atoms with E-state index in [1.165, 1.54) is 25.7 Å². The van der Waals surface area contributed by atoms with Crippen molar-refractivity contribution in [3.05, 3.63) is 35.9 Å². The molecule has 3 rings (SSSR count). The summed E-state index contributed by atoms with van der Waals surface area (Å²) in [6.45, 7) is 2.97. The maximum Gasteiger partial charge on any atom is 0.315 e. The van der Waals surface area contributed by atoms with Gasteiger partial charge in [-0.15, -0.1) is 0 Å². The first-order chi connectivity index (χ1) is 12.1. The molecule has 2 aliphatic rings. The number of hydrogen-bond donors (Lipinski definition) is 3. The van der Waals surface area contributed by atoms with E-state index in [9.17, 15) is 9.59 Å². The fraction of sp³-hybridized carbons (Fsp3) is 0.600. The van der Waals surface area contributed by atoms with E-state index < -0.39 is 0 Å². The first-order valence-electron chi connectivity index (χ1n) is 9.47. The fourth-order valence-electron chi connectivity index (χ4n) is 4.47.